The van der Waals surface area contributed by atoms with Crippen LogP contribution in [0.2, 0.25) is 0 Å². The van der Waals surface area contributed by atoms with Crippen molar-refractivity contribution in [2.24, 2.45) is 0 Å². The molecule has 1 aromatic carbocycles. The molecule has 0 aliphatic rings. The van der Waals surface area contributed by atoms with Crippen LogP contribution in [0.15, 0.2) is 18.2 Å². The highest BCUT2D eigenvalue weighted by molar-refractivity contribution is 5.54. The van der Waals surface area contributed by atoms with Crippen molar-refractivity contribution in [3.63, 3.8) is 0 Å². The van der Waals surface area contributed by atoms with Crippen LogP contribution in [0, 0.1) is 0 Å². The molecule has 15 heavy (non-hydrogen) atoms. The van der Waals surface area contributed by atoms with Gasteiger partial charge in [-0.1, -0.05) is 6.92 Å². The maximum absolute atomic E-state index is 5.43. The van der Waals surface area contributed by atoms with E-state index in [4.69, 9.17) is 9.47 Å². The molecule has 0 saturated carbocycles. The Kier molecular flexibility index (Phi) is 4.81. The second-order valence-corrected chi connectivity index (χ2v) is 3.23. The molecule has 0 aromatic heterocycles. The Bertz CT molecular complexity index is 300. The van der Waals surface area contributed by atoms with Gasteiger partial charge < -0.3 is 14.8 Å². The molecule has 1 N–H and O–H groups in total. The largest absolute Gasteiger partial charge is 0.493 e. The van der Waals surface area contributed by atoms with Crippen molar-refractivity contribution < 1.29 is 9.47 Å². The lowest BCUT2D eigenvalue weighted by molar-refractivity contribution is 0.311. The van der Waals surface area contributed by atoms with E-state index in [-0.39, 0.29) is 0 Å². The van der Waals surface area contributed by atoms with Gasteiger partial charge in [0.25, 0.3) is 0 Å². The molecule has 84 valence electrons. The highest BCUT2D eigenvalue weighted by Gasteiger charge is 2.04. The quantitative estimate of drug-likeness (QED) is 0.781. The van der Waals surface area contributed by atoms with Crippen LogP contribution >= 0.6 is 0 Å². The third-order valence-electron chi connectivity index (χ3n) is 2.04. The topological polar surface area (TPSA) is 30.5 Å². The minimum Gasteiger partial charge on any atom is -0.493 e. The smallest absolute Gasteiger partial charge is 0.162 e. The van der Waals surface area contributed by atoms with E-state index in [9.17, 15) is 0 Å². The van der Waals surface area contributed by atoms with Gasteiger partial charge in [0, 0.05) is 18.3 Å². The lowest BCUT2D eigenvalue weighted by Gasteiger charge is -2.11. The van der Waals surface area contributed by atoms with Gasteiger partial charge in [0.1, 0.15) is 0 Å². The van der Waals surface area contributed by atoms with Gasteiger partial charge in [-0.15, -0.1) is 0 Å². The zero-order valence-electron chi connectivity index (χ0n) is 9.67. The van der Waals surface area contributed by atoms with Crippen LogP contribution < -0.4 is 14.8 Å². The molecule has 3 heteroatoms. The zero-order valence-corrected chi connectivity index (χ0v) is 9.67. The van der Waals surface area contributed by atoms with Crippen molar-refractivity contribution in [3.8, 4) is 11.5 Å². The van der Waals surface area contributed by atoms with Crippen LogP contribution in [-0.2, 0) is 0 Å². The summed E-state index contributed by atoms with van der Waals surface area (Å²) in [6.45, 7) is 5.72. The molecule has 0 spiro atoms. The van der Waals surface area contributed by atoms with Gasteiger partial charge in [-0.2, -0.15) is 0 Å². The first-order valence-corrected chi connectivity index (χ1v) is 5.36. The second kappa shape index (κ2) is 6.17. The number of hydrogen-bond acceptors (Lipinski definition) is 3. The maximum Gasteiger partial charge on any atom is 0.162 e. The van der Waals surface area contributed by atoms with Crippen LogP contribution in [0.1, 0.15) is 20.3 Å². The molecule has 0 heterocycles. The number of nitrogens with one attached hydrogen (secondary N) is 1. The summed E-state index contributed by atoms with van der Waals surface area (Å²) in [4.78, 5) is 0. The summed E-state index contributed by atoms with van der Waals surface area (Å²) in [6.07, 6.45) is 1.11. The average molecular weight is 209 g/mol. The highest BCUT2D eigenvalue weighted by Crippen LogP contribution is 2.29. The number of anilines is 1. The first-order chi connectivity index (χ1) is 7.31. The summed E-state index contributed by atoms with van der Waals surface area (Å²) >= 11 is 0. The van der Waals surface area contributed by atoms with Gasteiger partial charge >= 0.3 is 0 Å². The first kappa shape index (κ1) is 11.7. The van der Waals surface area contributed by atoms with Crippen molar-refractivity contribution >= 4 is 5.69 Å². The van der Waals surface area contributed by atoms with Gasteiger partial charge in [-0.25, -0.2) is 0 Å². The molecule has 0 fully saturated rings. The van der Waals surface area contributed by atoms with Gasteiger partial charge in [-0.05, 0) is 25.5 Å². The monoisotopic (exact) mass is 209 g/mol. The summed E-state index contributed by atoms with van der Waals surface area (Å²) in [6, 6.07) is 5.89. The second-order valence-electron chi connectivity index (χ2n) is 3.23. The van der Waals surface area contributed by atoms with E-state index in [1.165, 1.54) is 0 Å². The summed E-state index contributed by atoms with van der Waals surface area (Å²) in [5.74, 6) is 1.57. The number of methoxy groups -OCH3 is 1. The third kappa shape index (κ3) is 3.35. The Morgan fingerprint density at radius 2 is 2.00 bits per heavy atom. The fraction of sp³-hybridized carbons (Fsp3) is 0.500. The van der Waals surface area contributed by atoms with Gasteiger partial charge in [0.2, 0.25) is 0 Å². The zero-order chi connectivity index (χ0) is 11.1. The molecule has 1 rings (SSSR count). The van der Waals surface area contributed by atoms with Crippen molar-refractivity contribution in [1.82, 2.24) is 0 Å². The van der Waals surface area contributed by atoms with Crippen LogP contribution in [-0.4, -0.2) is 20.3 Å². The predicted molar refractivity (Wildman–Crippen MR) is 62.9 cm³/mol. The lowest BCUT2D eigenvalue weighted by Crippen LogP contribution is -2.01. The molecule has 3 nitrogen and oxygen atoms in total. The molecule has 0 saturated heterocycles. The summed E-state index contributed by atoms with van der Waals surface area (Å²) in [5.41, 5.74) is 1.07. The van der Waals surface area contributed by atoms with Crippen molar-refractivity contribution in [2.75, 3.05) is 25.6 Å². The van der Waals surface area contributed by atoms with E-state index in [1.807, 2.05) is 25.1 Å². The molecule has 1 aromatic rings. The Morgan fingerprint density at radius 3 is 2.60 bits per heavy atom. The van der Waals surface area contributed by atoms with E-state index >= 15 is 0 Å². The van der Waals surface area contributed by atoms with E-state index in [0.29, 0.717) is 6.61 Å². The molecular weight excluding hydrogens is 190 g/mol. The fourth-order valence-electron chi connectivity index (χ4n) is 1.32. The van der Waals surface area contributed by atoms with Gasteiger partial charge in [-0.3, -0.25) is 0 Å². The fourth-order valence-corrected chi connectivity index (χ4v) is 1.32. The lowest BCUT2D eigenvalue weighted by atomic mass is 10.2. The minimum atomic E-state index is 0.651. The summed E-state index contributed by atoms with van der Waals surface area (Å²) < 4.78 is 10.7. The first-order valence-electron chi connectivity index (χ1n) is 5.36. The SMILES string of the molecule is CCCNc1ccc(OCC)c(OC)c1. The molecule has 0 unspecified atom stereocenters. The Balaban J connectivity index is 2.77. The van der Waals surface area contributed by atoms with Crippen LogP contribution in [0.25, 0.3) is 0 Å². The van der Waals surface area contributed by atoms with E-state index < -0.39 is 0 Å². The van der Waals surface area contributed by atoms with Crippen LogP contribution in [0.4, 0.5) is 5.69 Å². The number of ether oxygens (including phenoxy) is 2. The molecule has 0 aliphatic heterocycles. The Hall–Kier alpha value is -1.38. The van der Waals surface area contributed by atoms with E-state index in [2.05, 4.69) is 12.2 Å². The molecular formula is C12H19NO2. The van der Waals surface area contributed by atoms with Crippen LogP contribution in [0.5, 0.6) is 11.5 Å². The number of hydrogen-bond donors (Lipinski definition) is 1. The highest BCUT2D eigenvalue weighted by atomic mass is 16.5. The van der Waals surface area contributed by atoms with Crippen molar-refractivity contribution in [1.29, 1.82) is 0 Å². The third-order valence-corrected chi connectivity index (χ3v) is 2.04. The minimum absolute atomic E-state index is 0.651. The van der Waals surface area contributed by atoms with Crippen molar-refractivity contribution in [3.05, 3.63) is 18.2 Å². The summed E-state index contributed by atoms with van der Waals surface area (Å²) in [5, 5.41) is 3.30. The maximum atomic E-state index is 5.43. The van der Waals surface area contributed by atoms with Gasteiger partial charge in [0.05, 0.1) is 13.7 Å². The van der Waals surface area contributed by atoms with Gasteiger partial charge in [0.15, 0.2) is 11.5 Å². The number of rotatable bonds is 6. The average Bonchev–Trinajstić information content (AvgIpc) is 2.28. The Morgan fingerprint density at radius 1 is 1.20 bits per heavy atom. The predicted octanol–water partition coefficient (Wildman–Crippen LogP) is 2.92. The standard InChI is InChI=1S/C12H19NO2/c1-4-8-13-10-6-7-11(15-5-2)12(9-10)14-3/h6-7,9,13H,4-5,8H2,1-3H3. The Labute approximate surface area is 91.4 Å². The number of benzene rings is 1. The van der Waals surface area contributed by atoms with E-state index in [0.717, 1.165) is 30.2 Å². The summed E-state index contributed by atoms with van der Waals surface area (Å²) in [7, 11) is 1.65. The molecule has 0 atom stereocenters. The van der Waals surface area contributed by atoms with Crippen molar-refractivity contribution in [2.45, 2.75) is 20.3 Å². The molecule has 0 amide bonds. The molecule has 0 radical (unpaired) electrons. The van der Waals surface area contributed by atoms with Crippen LogP contribution in [0.3, 0.4) is 0 Å². The molecule has 0 aliphatic carbocycles. The molecule has 0 bridgehead atoms. The van der Waals surface area contributed by atoms with E-state index in [1.54, 1.807) is 7.11 Å². The normalized spacial score (nSPS) is 9.80.